The van der Waals surface area contributed by atoms with Gasteiger partial charge in [-0.3, -0.25) is 0 Å². The number of hydrogen-bond donors (Lipinski definition) is 1. The van der Waals surface area contributed by atoms with Crippen molar-refractivity contribution in [1.82, 2.24) is 9.97 Å². The number of rotatable bonds is 5. The minimum atomic E-state index is -0.362. The molecule has 0 fully saturated rings. The Morgan fingerprint density at radius 3 is 3.00 bits per heavy atom. The fourth-order valence-electron chi connectivity index (χ4n) is 1.25. The van der Waals surface area contributed by atoms with E-state index >= 15 is 0 Å². The molecule has 4 heteroatoms. The molecule has 78 valence electrons. The highest BCUT2D eigenvalue weighted by Crippen LogP contribution is 2.04. The number of ether oxygens (including phenoxy) is 1. The van der Waals surface area contributed by atoms with Crippen LogP contribution in [0.5, 0.6) is 0 Å². The summed E-state index contributed by atoms with van der Waals surface area (Å²) in [5, 5.41) is 0. The molecule has 0 unspecified atom stereocenters. The fraction of sp³-hybridized carbons (Fsp3) is 0.600. The van der Waals surface area contributed by atoms with Gasteiger partial charge in [-0.15, -0.1) is 0 Å². The van der Waals surface area contributed by atoms with Gasteiger partial charge in [0.05, 0.1) is 13.3 Å². The van der Waals surface area contributed by atoms with Crippen LogP contribution < -0.4 is 0 Å². The molecular formula is C10H16N2O2. The van der Waals surface area contributed by atoms with Crippen molar-refractivity contribution in [3.63, 3.8) is 0 Å². The number of aromatic amines is 1. The number of H-pyrrole nitrogens is 1. The van der Waals surface area contributed by atoms with Crippen LogP contribution in [0.15, 0.2) is 6.20 Å². The van der Waals surface area contributed by atoms with Crippen molar-refractivity contribution in [1.29, 1.82) is 0 Å². The number of carbonyl (C=O) groups excluding carboxylic acids is 1. The fourth-order valence-corrected chi connectivity index (χ4v) is 1.25. The molecule has 0 radical (unpaired) electrons. The molecule has 0 aliphatic carbocycles. The SMILES string of the molecule is CCCCCc1ncc(C(=O)OC)[nH]1. The molecule has 4 nitrogen and oxygen atoms in total. The number of aromatic nitrogens is 2. The van der Waals surface area contributed by atoms with Crippen molar-refractivity contribution >= 4 is 5.97 Å². The summed E-state index contributed by atoms with van der Waals surface area (Å²) in [6.07, 6.45) is 5.89. The molecule has 1 aromatic heterocycles. The first kappa shape index (κ1) is 10.8. The molecular weight excluding hydrogens is 180 g/mol. The summed E-state index contributed by atoms with van der Waals surface area (Å²) in [6, 6.07) is 0. The first-order valence-corrected chi connectivity index (χ1v) is 4.90. The second-order valence-electron chi connectivity index (χ2n) is 3.19. The number of esters is 1. The summed E-state index contributed by atoms with van der Waals surface area (Å²) in [5.41, 5.74) is 0.430. The minimum absolute atomic E-state index is 0.362. The van der Waals surface area contributed by atoms with Gasteiger partial charge >= 0.3 is 5.97 Å². The molecule has 1 heterocycles. The zero-order chi connectivity index (χ0) is 10.4. The van der Waals surface area contributed by atoms with Crippen LogP contribution in [-0.4, -0.2) is 23.0 Å². The third kappa shape index (κ3) is 2.87. The van der Waals surface area contributed by atoms with Gasteiger partial charge in [-0.05, 0) is 6.42 Å². The first-order valence-electron chi connectivity index (χ1n) is 4.90. The second kappa shape index (κ2) is 5.42. The summed E-state index contributed by atoms with van der Waals surface area (Å²) in [6.45, 7) is 2.15. The molecule has 0 saturated heterocycles. The van der Waals surface area contributed by atoms with Gasteiger partial charge in [-0.1, -0.05) is 19.8 Å². The first-order chi connectivity index (χ1) is 6.77. The van der Waals surface area contributed by atoms with Crippen molar-refractivity contribution in [2.24, 2.45) is 0 Å². The summed E-state index contributed by atoms with van der Waals surface area (Å²) < 4.78 is 4.57. The number of hydrogen-bond acceptors (Lipinski definition) is 3. The van der Waals surface area contributed by atoms with Crippen LogP contribution in [0.3, 0.4) is 0 Å². The molecule has 1 aromatic rings. The average Bonchev–Trinajstić information content (AvgIpc) is 2.66. The molecule has 0 bridgehead atoms. The molecule has 0 aliphatic heterocycles. The molecule has 14 heavy (non-hydrogen) atoms. The summed E-state index contributed by atoms with van der Waals surface area (Å²) in [7, 11) is 1.36. The highest BCUT2D eigenvalue weighted by molar-refractivity contribution is 5.86. The van der Waals surface area contributed by atoms with E-state index in [0.29, 0.717) is 5.69 Å². The topological polar surface area (TPSA) is 55.0 Å². The van der Waals surface area contributed by atoms with Gasteiger partial charge in [0.15, 0.2) is 0 Å². The summed E-state index contributed by atoms with van der Waals surface area (Å²) in [5.74, 6) is 0.498. The van der Waals surface area contributed by atoms with E-state index in [-0.39, 0.29) is 5.97 Å². The molecule has 1 N–H and O–H groups in total. The van der Waals surface area contributed by atoms with E-state index in [1.807, 2.05) is 0 Å². The standard InChI is InChI=1S/C10H16N2O2/c1-3-4-5-6-9-11-7-8(12-9)10(13)14-2/h7H,3-6H2,1-2H3,(H,11,12). The van der Waals surface area contributed by atoms with E-state index in [4.69, 9.17) is 0 Å². The predicted octanol–water partition coefficient (Wildman–Crippen LogP) is 1.93. The Morgan fingerprint density at radius 2 is 2.36 bits per heavy atom. The smallest absolute Gasteiger partial charge is 0.356 e. The normalized spacial score (nSPS) is 10.1. The van der Waals surface area contributed by atoms with Gasteiger partial charge in [0.2, 0.25) is 0 Å². The monoisotopic (exact) mass is 196 g/mol. The third-order valence-corrected chi connectivity index (χ3v) is 2.05. The Labute approximate surface area is 83.7 Å². The Bertz CT molecular complexity index is 294. The van der Waals surface area contributed by atoms with E-state index in [1.54, 1.807) is 0 Å². The molecule has 0 aliphatic rings. The van der Waals surface area contributed by atoms with Crippen LogP contribution in [-0.2, 0) is 11.2 Å². The lowest BCUT2D eigenvalue weighted by molar-refractivity contribution is 0.0594. The van der Waals surface area contributed by atoms with Crippen molar-refractivity contribution < 1.29 is 9.53 Å². The number of aryl methyl sites for hydroxylation is 1. The quantitative estimate of drug-likeness (QED) is 0.578. The number of methoxy groups -OCH3 is 1. The maximum Gasteiger partial charge on any atom is 0.356 e. The highest BCUT2D eigenvalue weighted by Gasteiger charge is 2.08. The lowest BCUT2D eigenvalue weighted by Gasteiger charge is -1.95. The number of carbonyl (C=O) groups is 1. The van der Waals surface area contributed by atoms with E-state index in [2.05, 4.69) is 21.6 Å². The van der Waals surface area contributed by atoms with Crippen LogP contribution >= 0.6 is 0 Å². The highest BCUT2D eigenvalue weighted by atomic mass is 16.5. The van der Waals surface area contributed by atoms with Crippen molar-refractivity contribution in [2.75, 3.05) is 7.11 Å². The zero-order valence-electron chi connectivity index (χ0n) is 8.67. The van der Waals surface area contributed by atoms with Gasteiger partial charge in [-0.25, -0.2) is 9.78 Å². The maximum atomic E-state index is 11.1. The number of unbranched alkanes of at least 4 members (excludes halogenated alkanes) is 2. The lowest BCUT2D eigenvalue weighted by Crippen LogP contribution is -2.01. The van der Waals surface area contributed by atoms with Gasteiger partial charge < -0.3 is 9.72 Å². The number of nitrogens with one attached hydrogen (secondary N) is 1. The van der Waals surface area contributed by atoms with E-state index in [0.717, 1.165) is 18.7 Å². The van der Waals surface area contributed by atoms with Crippen LogP contribution in [0.25, 0.3) is 0 Å². The van der Waals surface area contributed by atoms with Crippen LogP contribution in [0.2, 0.25) is 0 Å². The Morgan fingerprint density at radius 1 is 1.57 bits per heavy atom. The number of imidazole rings is 1. The summed E-state index contributed by atoms with van der Waals surface area (Å²) >= 11 is 0. The van der Waals surface area contributed by atoms with Gasteiger partial charge in [0, 0.05) is 6.42 Å². The van der Waals surface area contributed by atoms with Crippen molar-refractivity contribution in [2.45, 2.75) is 32.6 Å². The largest absolute Gasteiger partial charge is 0.464 e. The lowest BCUT2D eigenvalue weighted by atomic mass is 10.2. The van der Waals surface area contributed by atoms with Gasteiger partial charge in [0.25, 0.3) is 0 Å². The number of nitrogens with zero attached hydrogens (tertiary/aromatic N) is 1. The van der Waals surface area contributed by atoms with Crippen LogP contribution in [0, 0.1) is 0 Å². The van der Waals surface area contributed by atoms with E-state index in [9.17, 15) is 4.79 Å². The Hall–Kier alpha value is -1.32. The predicted molar refractivity (Wildman–Crippen MR) is 53.2 cm³/mol. The van der Waals surface area contributed by atoms with Gasteiger partial charge in [0.1, 0.15) is 11.5 Å². The van der Waals surface area contributed by atoms with E-state index in [1.165, 1.54) is 26.1 Å². The van der Waals surface area contributed by atoms with Crippen LogP contribution in [0.1, 0.15) is 42.5 Å². The molecule has 1 rings (SSSR count). The molecule has 0 aromatic carbocycles. The minimum Gasteiger partial charge on any atom is -0.464 e. The molecule has 0 atom stereocenters. The van der Waals surface area contributed by atoms with E-state index < -0.39 is 0 Å². The molecule has 0 saturated carbocycles. The summed E-state index contributed by atoms with van der Waals surface area (Å²) in [4.78, 5) is 18.1. The zero-order valence-corrected chi connectivity index (χ0v) is 8.67. The van der Waals surface area contributed by atoms with Crippen molar-refractivity contribution in [3.8, 4) is 0 Å². The second-order valence-corrected chi connectivity index (χ2v) is 3.19. The average molecular weight is 196 g/mol. The molecule has 0 spiro atoms. The maximum absolute atomic E-state index is 11.1. The Kier molecular flexibility index (Phi) is 4.16. The third-order valence-electron chi connectivity index (χ3n) is 2.05. The van der Waals surface area contributed by atoms with Crippen molar-refractivity contribution in [3.05, 3.63) is 17.7 Å². The Balaban J connectivity index is 2.46. The van der Waals surface area contributed by atoms with Gasteiger partial charge in [-0.2, -0.15) is 0 Å². The van der Waals surface area contributed by atoms with Crippen LogP contribution in [0.4, 0.5) is 0 Å². The molecule has 0 amide bonds.